The van der Waals surface area contributed by atoms with Crippen LogP contribution in [0.25, 0.3) is 0 Å². The Balaban J connectivity index is 2.10. The molecule has 2 fully saturated rings. The molecule has 2 N–H and O–H groups in total. The summed E-state index contributed by atoms with van der Waals surface area (Å²) in [6.07, 6.45) is -3.99. The molecule has 114 valence electrons. The second kappa shape index (κ2) is 5.23. The summed E-state index contributed by atoms with van der Waals surface area (Å²) in [4.78, 5) is 24.3. The molecule has 2 heterocycles. The summed E-state index contributed by atoms with van der Waals surface area (Å²) in [5.74, 6) is -2.62. The van der Waals surface area contributed by atoms with Crippen LogP contribution in [0.1, 0.15) is 19.3 Å². The first-order valence-electron chi connectivity index (χ1n) is 6.57. The van der Waals surface area contributed by atoms with Gasteiger partial charge in [-0.25, -0.2) is 0 Å². The fourth-order valence-corrected chi connectivity index (χ4v) is 2.85. The zero-order chi connectivity index (χ0) is 15.0. The van der Waals surface area contributed by atoms with Gasteiger partial charge in [-0.2, -0.15) is 13.2 Å². The number of hydrogen-bond acceptors (Lipinski definition) is 3. The minimum absolute atomic E-state index is 0.152. The number of nitrogens with one attached hydrogen (secondary N) is 1. The molecule has 2 unspecified atom stereocenters. The molecule has 2 saturated heterocycles. The lowest BCUT2D eigenvalue weighted by Crippen LogP contribution is -2.49. The third-order valence-corrected chi connectivity index (χ3v) is 4.18. The Bertz CT molecular complexity index is 407. The second-order valence-electron chi connectivity index (χ2n) is 5.44. The molecule has 2 aliphatic heterocycles. The van der Waals surface area contributed by atoms with Gasteiger partial charge in [0.05, 0.1) is 5.92 Å². The van der Waals surface area contributed by atoms with Crippen LogP contribution in [0.3, 0.4) is 0 Å². The highest BCUT2D eigenvalue weighted by Crippen LogP contribution is 2.46. The van der Waals surface area contributed by atoms with E-state index >= 15 is 0 Å². The van der Waals surface area contributed by atoms with Crippen molar-refractivity contribution in [3.8, 4) is 0 Å². The van der Waals surface area contributed by atoms with Crippen molar-refractivity contribution in [3.05, 3.63) is 0 Å². The Morgan fingerprint density at radius 3 is 2.50 bits per heavy atom. The molecule has 0 radical (unpaired) electrons. The fourth-order valence-electron chi connectivity index (χ4n) is 2.85. The van der Waals surface area contributed by atoms with E-state index in [0.29, 0.717) is 13.0 Å². The SMILES string of the molecule is O=C(C1CCCNC1)N1CCC(C(=O)O)(C(F)(F)F)C1. The summed E-state index contributed by atoms with van der Waals surface area (Å²) in [5.41, 5.74) is -2.81. The Morgan fingerprint density at radius 1 is 1.35 bits per heavy atom. The molecule has 0 aromatic carbocycles. The molecule has 5 nitrogen and oxygen atoms in total. The molecular weight excluding hydrogens is 277 g/mol. The number of piperidine rings is 1. The van der Waals surface area contributed by atoms with Gasteiger partial charge in [-0.05, 0) is 25.8 Å². The summed E-state index contributed by atoms with van der Waals surface area (Å²) in [5, 5.41) is 12.0. The number of carboxylic acid groups (broad SMARTS) is 1. The molecule has 8 heteroatoms. The van der Waals surface area contributed by atoms with Crippen molar-refractivity contribution >= 4 is 11.9 Å². The third kappa shape index (κ3) is 2.48. The summed E-state index contributed by atoms with van der Waals surface area (Å²) in [6, 6.07) is 0. The summed E-state index contributed by atoms with van der Waals surface area (Å²) >= 11 is 0. The number of likely N-dealkylation sites (tertiary alicyclic amines) is 1. The van der Waals surface area contributed by atoms with Gasteiger partial charge in [0, 0.05) is 19.6 Å². The van der Waals surface area contributed by atoms with Gasteiger partial charge in [-0.3, -0.25) is 9.59 Å². The Kier molecular flexibility index (Phi) is 3.95. The van der Waals surface area contributed by atoms with Crippen LogP contribution in [-0.4, -0.2) is 54.2 Å². The first-order valence-corrected chi connectivity index (χ1v) is 6.57. The summed E-state index contributed by atoms with van der Waals surface area (Å²) in [7, 11) is 0. The molecule has 20 heavy (non-hydrogen) atoms. The number of amides is 1. The maximum atomic E-state index is 13.0. The fraction of sp³-hybridized carbons (Fsp3) is 0.833. The van der Waals surface area contributed by atoms with Crippen LogP contribution in [0.5, 0.6) is 0 Å². The molecule has 2 atom stereocenters. The van der Waals surface area contributed by atoms with Crippen LogP contribution in [0.2, 0.25) is 0 Å². The average Bonchev–Trinajstić information content (AvgIpc) is 2.85. The van der Waals surface area contributed by atoms with E-state index in [0.717, 1.165) is 17.9 Å². The molecule has 2 aliphatic rings. The zero-order valence-electron chi connectivity index (χ0n) is 10.9. The van der Waals surface area contributed by atoms with Crippen molar-refractivity contribution in [1.82, 2.24) is 10.2 Å². The van der Waals surface area contributed by atoms with Crippen molar-refractivity contribution < 1.29 is 27.9 Å². The molecular formula is C12H17F3N2O3. The molecule has 0 aromatic heterocycles. The van der Waals surface area contributed by atoms with Crippen molar-refractivity contribution in [2.24, 2.45) is 11.3 Å². The topological polar surface area (TPSA) is 69.6 Å². The number of carboxylic acids is 1. The van der Waals surface area contributed by atoms with Crippen LogP contribution in [-0.2, 0) is 9.59 Å². The van der Waals surface area contributed by atoms with Crippen LogP contribution < -0.4 is 5.32 Å². The minimum Gasteiger partial charge on any atom is -0.481 e. The third-order valence-electron chi connectivity index (χ3n) is 4.18. The highest BCUT2D eigenvalue weighted by atomic mass is 19.4. The van der Waals surface area contributed by atoms with Crippen molar-refractivity contribution in [2.45, 2.75) is 25.4 Å². The van der Waals surface area contributed by atoms with Gasteiger partial charge in [-0.1, -0.05) is 0 Å². The lowest BCUT2D eigenvalue weighted by molar-refractivity contribution is -0.227. The van der Waals surface area contributed by atoms with Crippen molar-refractivity contribution in [2.75, 3.05) is 26.2 Å². The van der Waals surface area contributed by atoms with Crippen LogP contribution in [0, 0.1) is 11.3 Å². The van der Waals surface area contributed by atoms with Gasteiger partial charge in [0.25, 0.3) is 0 Å². The van der Waals surface area contributed by atoms with Gasteiger partial charge >= 0.3 is 12.1 Å². The van der Waals surface area contributed by atoms with E-state index in [1.165, 1.54) is 0 Å². The lowest BCUT2D eigenvalue weighted by Gasteiger charge is -2.29. The molecule has 1 amide bonds. The highest BCUT2D eigenvalue weighted by molar-refractivity contribution is 5.83. The maximum Gasteiger partial charge on any atom is 0.406 e. The average molecular weight is 294 g/mol. The van der Waals surface area contributed by atoms with Gasteiger partial charge in [0.2, 0.25) is 5.91 Å². The zero-order valence-corrected chi connectivity index (χ0v) is 10.9. The Morgan fingerprint density at radius 2 is 2.05 bits per heavy atom. The normalized spacial score (nSPS) is 31.4. The van der Waals surface area contributed by atoms with E-state index < -0.39 is 30.5 Å². The van der Waals surface area contributed by atoms with Crippen molar-refractivity contribution in [3.63, 3.8) is 0 Å². The monoisotopic (exact) mass is 294 g/mol. The number of nitrogens with zero attached hydrogens (tertiary/aromatic N) is 1. The largest absolute Gasteiger partial charge is 0.481 e. The van der Waals surface area contributed by atoms with Crippen molar-refractivity contribution in [1.29, 1.82) is 0 Å². The first kappa shape index (κ1) is 15.1. The van der Waals surface area contributed by atoms with Gasteiger partial charge in [0.1, 0.15) is 0 Å². The second-order valence-corrected chi connectivity index (χ2v) is 5.44. The van der Waals surface area contributed by atoms with E-state index in [9.17, 15) is 22.8 Å². The van der Waals surface area contributed by atoms with E-state index in [2.05, 4.69) is 5.32 Å². The highest BCUT2D eigenvalue weighted by Gasteiger charge is 2.64. The minimum atomic E-state index is -4.85. The molecule has 0 bridgehead atoms. The van der Waals surface area contributed by atoms with Gasteiger partial charge in [0.15, 0.2) is 5.41 Å². The number of alkyl halides is 3. The smallest absolute Gasteiger partial charge is 0.406 e. The molecule has 2 rings (SSSR count). The quantitative estimate of drug-likeness (QED) is 0.792. The number of aliphatic carboxylic acids is 1. The first-order chi connectivity index (χ1) is 9.28. The predicted molar refractivity (Wildman–Crippen MR) is 62.9 cm³/mol. The summed E-state index contributed by atoms with van der Waals surface area (Å²) in [6.45, 7) is 0.315. The van der Waals surface area contributed by atoms with Crippen LogP contribution in [0.15, 0.2) is 0 Å². The number of rotatable bonds is 2. The van der Waals surface area contributed by atoms with E-state index in [-0.39, 0.29) is 18.4 Å². The standard InChI is InChI=1S/C12H17F3N2O3/c13-12(14,15)11(10(19)20)3-5-17(7-11)9(18)8-2-1-4-16-6-8/h8,16H,1-7H2,(H,19,20). The summed E-state index contributed by atoms with van der Waals surface area (Å²) < 4.78 is 39.0. The molecule has 0 spiro atoms. The van der Waals surface area contributed by atoms with Crippen LogP contribution in [0.4, 0.5) is 13.2 Å². The van der Waals surface area contributed by atoms with E-state index in [1.807, 2.05) is 0 Å². The molecule has 0 aromatic rings. The van der Waals surface area contributed by atoms with Crippen LogP contribution >= 0.6 is 0 Å². The number of carbonyl (C=O) groups excluding carboxylic acids is 1. The van der Waals surface area contributed by atoms with Gasteiger partial charge < -0.3 is 15.3 Å². The Hall–Kier alpha value is -1.31. The van der Waals surface area contributed by atoms with Gasteiger partial charge in [-0.15, -0.1) is 0 Å². The number of hydrogen-bond donors (Lipinski definition) is 2. The molecule has 0 aliphatic carbocycles. The van der Waals surface area contributed by atoms with E-state index in [4.69, 9.17) is 5.11 Å². The number of halogens is 3. The Labute approximate surface area is 114 Å². The molecule has 0 saturated carbocycles. The van der Waals surface area contributed by atoms with E-state index in [1.54, 1.807) is 0 Å². The maximum absolute atomic E-state index is 13.0. The number of carbonyl (C=O) groups is 2. The lowest BCUT2D eigenvalue weighted by atomic mass is 9.86. The predicted octanol–water partition coefficient (Wildman–Crippen LogP) is 0.852.